The zero-order valence-corrected chi connectivity index (χ0v) is 13.4. The normalized spacial score (nSPS) is 17.0. The molecule has 0 radical (unpaired) electrons. The molecule has 0 aliphatic carbocycles. The van der Waals surface area contributed by atoms with Crippen LogP contribution < -0.4 is 0 Å². The van der Waals surface area contributed by atoms with Crippen LogP contribution in [0.3, 0.4) is 0 Å². The highest BCUT2D eigenvalue weighted by Gasteiger charge is 2.27. The number of aryl methyl sites for hydroxylation is 1. The van der Waals surface area contributed by atoms with Crippen LogP contribution in [0.4, 0.5) is 0 Å². The maximum Gasteiger partial charge on any atom is 0.335 e. The van der Waals surface area contributed by atoms with Gasteiger partial charge in [-0.25, -0.2) is 4.79 Å². The van der Waals surface area contributed by atoms with Gasteiger partial charge in [0.1, 0.15) is 0 Å². The number of carbonyl (C=O) groups is 2. The molecular weight excluding hydrogens is 304 g/mol. The molecule has 1 N–H and O–H groups in total. The lowest BCUT2D eigenvalue weighted by molar-refractivity contribution is -0.130. The minimum atomic E-state index is -0.916. The number of aromatic nitrogens is 1. The summed E-state index contributed by atoms with van der Waals surface area (Å²) >= 11 is 0. The van der Waals surface area contributed by atoms with Crippen molar-refractivity contribution in [1.82, 2.24) is 9.88 Å². The summed E-state index contributed by atoms with van der Waals surface area (Å²) in [5, 5.41) is 8.95. The van der Waals surface area contributed by atoms with Crippen molar-refractivity contribution >= 4 is 11.9 Å². The van der Waals surface area contributed by atoms with E-state index in [9.17, 15) is 9.59 Å². The summed E-state index contributed by atoms with van der Waals surface area (Å²) in [6.45, 7) is 1.47. The van der Waals surface area contributed by atoms with Crippen LogP contribution in [0.2, 0.25) is 0 Å². The van der Waals surface area contributed by atoms with Gasteiger partial charge in [-0.1, -0.05) is 12.1 Å². The van der Waals surface area contributed by atoms with Crippen LogP contribution in [0.25, 0.3) is 0 Å². The number of benzene rings is 1. The molecule has 2 heterocycles. The summed E-state index contributed by atoms with van der Waals surface area (Å²) in [6.07, 6.45) is 5.65. The molecule has 1 aliphatic rings. The van der Waals surface area contributed by atoms with Gasteiger partial charge < -0.3 is 10.0 Å². The highest BCUT2D eigenvalue weighted by molar-refractivity contribution is 5.87. The molecule has 1 atom stereocenters. The van der Waals surface area contributed by atoms with E-state index in [2.05, 4.69) is 4.98 Å². The molecule has 124 valence electrons. The van der Waals surface area contributed by atoms with Gasteiger partial charge in [0.25, 0.3) is 0 Å². The maximum absolute atomic E-state index is 12.4. The second-order valence-corrected chi connectivity index (χ2v) is 6.11. The van der Waals surface area contributed by atoms with Gasteiger partial charge in [0.05, 0.1) is 5.56 Å². The van der Waals surface area contributed by atoms with Gasteiger partial charge >= 0.3 is 5.97 Å². The second-order valence-electron chi connectivity index (χ2n) is 6.11. The smallest absolute Gasteiger partial charge is 0.335 e. The number of rotatable bonds is 5. The van der Waals surface area contributed by atoms with E-state index >= 15 is 0 Å². The largest absolute Gasteiger partial charge is 0.478 e. The molecule has 5 heteroatoms. The van der Waals surface area contributed by atoms with E-state index in [1.54, 1.807) is 24.5 Å². The number of likely N-dealkylation sites (tertiary alicyclic amines) is 1. The summed E-state index contributed by atoms with van der Waals surface area (Å²) < 4.78 is 0. The van der Waals surface area contributed by atoms with Crippen molar-refractivity contribution in [3.8, 4) is 0 Å². The van der Waals surface area contributed by atoms with Gasteiger partial charge in [0.2, 0.25) is 5.91 Å². The molecule has 1 aromatic heterocycles. The number of carbonyl (C=O) groups excluding carboxylic acids is 1. The van der Waals surface area contributed by atoms with Gasteiger partial charge in [-0.15, -0.1) is 0 Å². The molecule has 0 bridgehead atoms. The van der Waals surface area contributed by atoms with Crippen LogP contribution in [0.15, 0.2) is 48.8 Å². The van der Waals surface area contributed by atoms with Crippen LogP contribution in [0, 0.1) is 0 Å². The molecule has 0 saturated carbocycles. The van der Waals surface area contributed by atoms with E-state index in [0.717, 1.165) is 30.5 Å². The fourth-order valence-corrected chi connectivity index (χ4v) is 3.12. The average molecular weight is 324 g/mol. The highest BCUT2D eigenvalue weighted by Crippen LogP contribution is 2.28. The molecule has 1 unspecified atom stereocenters. The molecule has 2 aromatic rings. The molecule has 1 saturated heterocycles. The second kappa shape index (κ2) is 7.25. The number of pyridine rings is 1. The van der Waals surface area contributed by atoms with Crippen molar-refractivity contribution in [3.05, 3.63) is 65.5 Å². The first-order chi connectivity index (χ1) is 11.6. The number of aromatic carboxylic acids is 1. The number of nitrogens with zero attached hydrogens (tertiary/aromatic N) is 2. The lowest BCUT2D eigenvalue weighted by Crippen LogP contribution is -2.28. The Morgan fingerprint density at radius 1 is 1.12 bits per heavy atom. The van der Waals surface area contributed by atoms with E-state index in [-0.39, 0.29) is 11.8 Å². The highest BCUT2D eigenvalue weighted by atomic mass is 16.4. The molecule has 5 nitrogen and oxygen atoms in total. The predicted molar refractivity (Wildman–Crippen MR) is 89.9 cm³/mol. The number of amides is 1. The van der Waals surface area contributed by atoms with Crippen molar-refractivity contribution in [2.24, 2.45) is 0 Å². The standard InChI is InChI=1S/C19H20N2O3/c22-18(6-1-14-7-10-20-11-8-14)21-12-9-17(13-21)15-2-4-16(5-3-15)19(23)24/h2-5,7-8,10-11,17H,1,6,9,12-13H2,(H,23,24). The Morgan fingerprint density at radius 2 is 1.83 bits per heavy atom. The van der Waals surface area contributed by atoms with Crippen LogP contribution in [0.1, 0.15) is 40.2 Å². The first-order valence-electron chi connectivity index (χ1n) is 8.13. The third-order valence-corrected chi connectivity index (χ3v) is 4.55. The van der Waals surface area contributed by atoms with Crippen LogP contribution in [-0.4, -0.2) is 40.0 Å². The van der Waals surface area contributed by atoms with Crippen molar-refractivity contribution in [2.75, 3.05) is 13.1 Å². The number of hydrogen-bond acceptors (Lipinski definition) is 3. The molecule has 1 aliphatic heterocycles. The quantitative estimate of drug-likeness (QED) is 0.918. The summed E-state index contributed by atoms with van der Waals surface area (Å²) in [4.78, 5) is 29.2. The van der Waals surface area contributed by atoms with Gasteiger partial charge in [-0.05, 0) is 48.2 Å². The third kappa shape index (κ3) is 3.79. The first kappa shape index (κ1) is 16.2. The SMILES string of the molecule is O=C(O)c1ccc(C2CCN(C(=O)CCc3ccncc3)C2)cc1. The summed E-state index contributed by atoms with van der Waals surface area (Å²) in [6, 6.07) is 10.9. The van der Waals surface area contributed by atoms with Crippen LogP contribution in [-0.2, 0) is 11.2 Å². The van der Waals surface area contributed by atoms with Gasteiger partial charge in [0.15, 0.2) is 0 Å². The average Bonchev–Trinajstić information content (AvgIpc) is 3.11. The lowest BCUT2D eigenvalue weighted by Gasteiger charge is -2.17. The summed E-state index contributed by atoms with van der Waals surface area (Å²) in [7, 11) is 0. The Kier molecular flexibility index (Phi) is 4.89. The molecule has 1 fully saturated rings. The third-order valence-electron chi connectivity index (χ3n) is 4.55. The van der Waals surface area contributed by atoms with Gasteiger partial charge in [-0.2, -0.15) is 0 Å². The van der Waals surface area contributed by atoms with E-state index in [0.29, 0.717) is 18.5 Å². The lowest BCUT2D eigenvalue weighted by atomic mass is 9.97. The van der Waals surface area contributed by atoms with Crippen LogP contribution in [0.5, 0.6) is 0 Å². The molecule has 24 heavy (non-hydrogen) atoms. The minimum Gasteiger partial charge on any atom is -0.478 e. The maximum atomic E-state index is 12.4. The zero-order chi connectivity index (χ0) is 16.9. The number of hydrogen-bond donors (Lipinski definition) is 1. The van der Waals surface area contributed by atoms with Gasteiger partial charge in [0, 0.05) is 37.8 Å². The monoisotopic (exact) mass is 324 g/mol. The number of carboxylic acid groups (broad SMARTS) is 1. The fourth-order valence-electron chi connectivity index (χ4n) is 3.12. The van der Waals surface area contributed by atoms with E-state index in [4.69, 9.17) is 5.11 Å². The Hall–Kier alpha value is -2.69. The predicted octanol–water partition coefficient (Wildman–Crippen LogP) is 2.73. The Bertz CT molecular complexity index is 713. The molecule has 1 amide bonds. The molecule has 1 aromatic carbocycles. The zero-order valence-electron chi connectivity index (χ0n) is 13.4. The molecule has 0 spiro atoms. The summed E-state index contributed by atoms with van der Waals surface area (Å²) in [5.41, 5.74) is 2.52. The fraction of sp³-hybridized carbons (Fsp3) is 0.316. The molecule has 3 rings (SSSR count). The first-order valence-corrected chi connectivity index (χ1v) is 8.13. The molecular formula is C19H20N2O3. The van der Waals surface area contributed by atoms with Crippen molar-refractivity contribution < 1.29 is 14.7 Å². The minimum absolute atomic E-state index is 0.177. The van der Waals surface area contributed by atoms with E-state index in [1.807, 2.05) is 29.2 Å². The van der Waals surface area contributed by atoms with E-state index in [1.165, 1.54) is 0 Å². The Balaban J connectivity index is 1.54. The van der Waals surface area contributed by atoms with Crippen molar-refractivity contribution in [1.29, 1.82) is 0 Å². The topological polar surface area (TPSA) is 70.5 Å². The van der Waals surface area contributed by atoms with E-state index < -0.39 is 5.97 Å². The van der Waals surface area contributed by atoms with Crippen LogP contribution >= 0.6 is 0 Å². The Labute approximate surface area is 140 Å². The van der Waals surface area contributed by atoms with Gasteiger partial charge in [-0.3, -0.25) is 9.78 Å². The Morgan fingerprint density at radius 3 is 2.50 bits per heavy atom. The number of carboxylic acids is 1. The van der Waals surface area contributed by atoms with Crippen molar-refractivity contribution in [3.63, 3.8) is 0 Å². The van der Waals surface area contributed by atoms with Crippen molar-refractivity contribution in [2.45, 2.75) is 25.2 Å². The summed E-state index contributed by atoms with van der Waals surface area (Å²) in [5.74, 6) is -0.449.